The maximum Gasteiger partial charge on any atom is 0.254 e. The number of aromatic nitrogens is 1. The van der Waals surface area contributed by atoms with Crippen molar-refractivity contribution in [1.82, 2.24) is 9.88 Å². The number of β-amino-alcohol motifs (C(OH)–C–C–N with tert-alkyl or cyclic N) is 1. The van der Waals surface area contributed by atoms with Gasteiger partial charge in [0.2, 0.25) is 0 Å². The van der Waals surface area contributed by atoms with Gasteiger partial charge in [-0.1, -0.05) is 13.8 Å². The van der Waals surface area contributed by atoms with Crippen molar-refractivity contribution in [3.63, 3.8) is 0 Å². The van der Waals surface area contributed by atoms with Crippen LogP contribution in [0.15, 0.2) is 18.3 Å². The third-order valence-corrected chi connectivity index (χ3v) is 5.16. The van der Waals surface area contributed by atoms with Crippen LogP contribution >= 0.6 is 0 Å². The Hall–Kier alpha value is -1.66. The largest absolute Gasteiger partial charge is 0.388 e. The lowest BCUT2D eigenvalue weighted by Gasteiger charge is -2.30. The van der Waals surface area contributed by atoms with Crippen LogP contribution < -0.4 is 4.90 Å². The van der Waals surface area contributed by atoms with Crippen molar-refractivity contribution in [1.29, 1.82) is 0 Å². The maximum atomic E-state index is 12.6. The molecule has 1 aromatic rings. The number of rotatable bonds is 2. The topological polar surface area (TPSA) is 65.9 Å². The second-order valence-corrected chi connectivity index (χ2v) is 7.32. The number of carbonyl (C=O) groups is 1. The summed E-state index contributed by atoms with van der Waals surface area (Å²) in [6.45, 7) is 9.62. The summed E-state index contributed by atoms with van der Waals surface area (Å²) in [5, 5.41) is 10.6. The van der Waals surface area contributed by atoms with E-state index in [1.54, 1.807) is 12.3 Å². The molecule has 6 nitrogen and oxygen atoms in total. The average molecular weight is 319 g/mol. The first-order valence-electron chi connectivity index (χ1n) is 8.11. The molecule has 0 spiro atoms. The summed E-state index contributed by atoms with van der Waals surface area (Å²) in [4.78, 5) is 20.9. The van der Waals surface area contributed by atoms with E-state index >= 15 is 0 Å². The number of hydrogen-bond acceptors (Lipinski definition) is 5. The number of carbonyl (C=O) groups excluding carboxylic acids is 1. The molecule has 6 heteroatoms. The number of ether oxygens (including phenoxy) is 1. The Balaban J connectivity index is 1.79. The molecule has 0 saturated carbocycles. The van der Waals surface area contributed by atoms with Crippen LogP contribution in [0.1, 0.15) is 31.1 Å². The molecule has 126 valence electrons. The Morgan fingerprint density at radius 3 is 2.57 bits per heavy atom. The lowest BCUT2D eigenvalue weighted by molar-refractivity contribution is -0.00891. The molecule has 0 aliphatic carbocycles. The Kier molecular flexibility index (Phi) is 4.06. The second kappa shape index (κ2) is 5.76. The van der Waals surface area contributed by atoms with Gasteiger partial charge in [0.15, 0.2) is 0 Å². The van der Waals surface area contributed by atoms with Gasteiger partial charge in [0.05, 0.1) is 18.8 Å². The van der Waals surface area contributed by atoms with Crippen LogP contribution in [0.5, 0.6) is 0 Å². The Morgan fingerprint density at radius 1 is 1.26 bits per heavy atom. The zero-order chi connectivity index (χ0) is 16.7. The molecule has 3 rings (SSSR count). The highest BCUT2D eigenvalue weighted by Gasteiger charge is 2.48. The van der Waals surface area contributed by atoms with Crippen LogP contribution in [-0.2, 0) is 4.74 Å². The smallest absolute Gasteiger partial charge is 0.254 e. The highest BCUT2D eigenvalue weighted by molar-refractivity contribution is 5.95. The third kappa shape index (κ3) is 3.05. The third-order valence-electron chi connectivity index (χ3n) is 5.16. The SMILES string of the molecule is CC1(C)CN(c2cc(C(=O)N3CCOCC3)ccn2)C[C@@]1(C)O. The molecular formula is C17H25N3O3. The molecule has 2 saturated heterocycles. The first-order chi connectivity index (χ1) is 10.8. The zero-order valence-electron chi connectivity index (χ0n) is 14.1. The van der Waals surface area contributed by atoms with Gasteiger partial charge in [-0.25, -0.2) is 4.98 Å². The molecule has 1 amide bonds. The Morgan fingerprint density at radius 2 is 1.96 bits per heavy atom. The van der Waals surface area contributed by atoms with Gasteiger partial charge in [-0.15, -0.1) is 0 Å². The summed E-state index contributed by atoms with van der Waals surface area (Å²) in [6, 6.07) is 3.58. The van der Waals surface area contributed by atoms with Crippen molar-refractivity contribution < 1.29 is 14.6 Å². The molecule has 1 N–H and O–H groups in total. The first kappa shape index (κ1) is 16.2. The van der Waals surface area contributed by atoms with Crippen LogP contribution in [-0.4, -0.2) is 65.9 Å². The van der Waals surface area contributed by atoms with Gasteiger partial charge in [0, 0.05) is 43.4 Å². The van der Waals surface area contributed by atoms with Crippen molar-refractivity contribution in [2.75, 3.05) is 44.3 Å². The molecule has 0 radical (unpaired) electrons. The van der Waals surface area contributed by atoms with Gasteiger partial charge in [-0.05, 0) is 19.1 Å². The van der Waals surface area contributed by atoms with Crippen molar-refractivity contribution in [3.05, 3.63) is 23.9 Å². The van der Waals surface area contributed by atoms with Crippen LogP contribution in [0.3, 0.4) is 0 Å². The second-order valence-electron chi connectivity index (χ2n) is 7.32. The summed E-state index contributed by atoms with van der Waals surface area (Å²) >= 11 is 0. The fourth-order valence-electron chi connectivity index (χ4n) is 3.12. The minimum absolute atomic E-state index is 0.0159. The lowest BCUT2D eigenvalue weighted by atomic mass is 9.79. The quantitative estimate of drug-likeness (QED) is 0.886. The van der Waals surface area contributed by atoms with Gasteiger partial charge < -0.3 is 19.6 Å². The van der Waals surface area contributed by atoms with E-state index in [0.29, 0.717) is 45.0 Å². The first-order valence-corrected chi connectivity index (χ1v) is 8.11. The van der Waals surface area contributed by atoms with Crippen molar-refractivity contribution in [2.45, 2.75) is 26.4 Å². The van der Waals surface area contributed by atoms with E-state index in [9.17, 15) is 9.90 Å². The summed E-state index contributed by atoms with van der Waals surface area (Å²) in [5.41, 5.74) is -0.362. The number of morpholine rings is 1. The van der Waals surface area contributed by atoms with Crippen molar-refractivity contribution in [3.8, 4) is 0 Å². The molecule has 2 aliphatic rings. The number of nitrogens with zero attached hydrogens (tertiary/aromatic N) is 3. The number of hydrogen-bond donors (Lipinski definition) is 1. The van der Waals surface area contributed by atoms with Gasteiger partial charge >= 0.3 is 0 Å². The lowest BCUT2D eigenvalue weighted by Crippen LogP contribution is -2.40. The zero-order valence-corrected chi connectivity index (χ0v) is 14.1. The van der Waals surface area contributed by atoms with E-state index < -0.39 is 5.60 Å². The maximum absolute atomic E-state index is 12.6. The highest BCUT2D eigenvalue weighted by atomic mass is 16.5. The number of anilines is 1. The minimum Gasteiger partial charge on any atom is -0.388 e. The van der Waals surface area contributed by atoms with Gasteiger partial charge in [0.25, 0.3) is 5.91 Å². The number of amides is 1. The molecule has 0 unspecified atom stereocenters. The summed E-state index contributed by atoms with van der Waals surface area (Å²) < 4.78 is 5.29. The molecular weight excluding hydrogens is 294 g/mol. The standard InChI is InChI=1S/C17H25N3O3/c1-16(2)11-20(12-17(16,3)22)14-10-13(4-5-18-14)15(21)19-6-8-23-9-7-19/h4-5,10,22H,6-9,11-12H2,1-3H3/t17-/m1/s1. The van der Waals surface area contributed by atoms with E-state index in [1.165, 1.54) is 0 Å². The number of aliphatic hydroxyl groups is 1. The van der Waals surface area contributed by atoms with E-state index in [0.717, 1.165) is 5.82 Å². The van der Waals surface area contributed by atoms with Crippen LogP contribution in [0.2, 0.25) is 0 Å². The molecule has 1 atom stereocenters. The van der Waals surface area contributed by atoms with E-state index in [4.69, 9.17) is 4.74 Å². The summed E-state index contributed by atoms with van der Waals surface area (Å²) in [7, 11) is 0. The van der Waals surface area contributed by atoms with E-state index in [1.807, 2.05) is 17.9 Å². The predicted molar refractivity (Wildman–Crippen MR) is 87.6 cm³/mol. The number of pyridine rings is 1. The van der Waals surface area contributed by atoms with Gasteiger partial charge in [-0.3, -0.25) is 4.79 Å². The van der Waals surface area contributed by atoms with E-state index in [-0.39, 0.29) is 11.3 Å². The van der Waals surface area contributed by atoms with Crippen LogP contribution in [0, 0.1) is 5.41 Å². The normalized spacial score (nSPS) is 27.3. The Bertz CT molecular complexity index is 579. The van der Waals surface area contributed by atoms with E-state index in [2.05, 4.69) is 23.7 Å². The molecule has 3 heterocycles. The molecule has 2 fully saturated rings. The molecule has 0 bridgehead atoms. The van der Waals surface area contributed by atoms with Gasteiger partial charge in [0.1, 0.15) is 5.82 Å². The summed E-state index contributed by atoms with van der Waals surface area (Å²) in [5.74, 6) is 0.761. The van der Waals surface area contributed by atoms with Crippen molar-refractivity contribution in [2.24, 2.45) is 5.41 Å². The Labute approximate surface area is 137 Å². The van der Waals surface area contributed by atoms with Crippen LogP contribution in [0.25, 0.3) is 0 Å². The highest BCUT2D eigenvalue weighted by Crippen LogP contribution is 2.40. The minimum atomic E-state index is -0.779. The fourth-order valence-corrected chi connectivity index (χ4v) is 3.12. The molecule has 23 heavy (non-hydrogen) atoms. The molecule has 2 aliphatic heterocycles. The molecule has 0 aromatic carbocycles. The van der Waals surface area contributed by atoms with Crippen molar-refractivity contribution >= 4 is 11.7 Å². The van der Waals surface area contributed by atoms with Crippen LogP contribution in [0.4, 0.5) is 5.82 Å². The average Bonchev–Trinajstić information content (AvgIpc) is 2.76. The predicted octanol–water partition coefficient (Wildman–Crippen LogP) is 1.15. The fraction of sp³-hybridized carbons (Fsp3) is 0.647. The summed E-state index contributed by atoms with van der Waals surface area (Å²) in [6.07, 6.45) is 1.67. The monoisotopic (exact) mass is 319 g/mol. The van der Waals surface area contributed by atoms with Gasteiger partial charge in [-0.2, -0.15) is 0 Å². The molecule has 1 aromatic heterocycles.